The maximum atomic E-state index is 11.5. The van der Waals surface area contributed by atoms with Gasteiger partial charge in [-0.2, -0.15) is 28.5 Å². The second-order valence-electron chi connectivity index (χ2n) is 4.11. The lowest BCUT2D eigenvalue weighted by Crippen LogP contribution is -2.09. The van der Waals surface area contributed by atoms with Crippen LogP contribution in [0.15, 0.2) is 4.52 Å². The summed E-state index contributed by atoms with van der Waals surface area (Å²) >= 11 is 3.44. The lowest BCUT2D eigenvalue weighted by Gasteiger charge is -2.04. The number of hydrogen-bond donors (Lipinski definition) is 0. The Morgan fingerprint density at radius 3 is 3.12 bits per heavy atom. The van der Waals surface area contributed by atoms with E-state index >= 15 is 0 Å². The molecule has 1 saturated heterocycles. The first kappa shape index (κ1) is 13.0. The molecule has 1 aliphatic rings. The first-order chi connectivity index (χ1) is 8.20. The number of Topliss-reactive ketones (excluding diaryl/α,β-unsaturated/α-hetero) is 1. The third kappa shape index (κ3) is 3.25. The topological polar surface area (TPSA) is 56.0 Å². The van der Waals surface area contributed by atoms with Crippen LogP contribution in [0, 0.1) is 0 Å². The summed E-state index contributed by atoms with van der Waals surface area (Å²) in [6.07, 6.45) is 1.13. The van der Waals surface area contributed by atoms with Crippen molar-refractivity contribution < 1.29 is 9.32 Å². The van der Waals surface area contributed by atoms with Crippen molar-refractivity contribution in [3.05, 3.63) is 11.7 Å². The van der Waals surface area contributed by atoms with E-state index in [-0.39, 0.29) is 11.7 Å². The number of carbonyl (C=O) groups is 1. The van der Waals surface area contributed by atoms with Crippen LogP contribution >= 0.6 is 23.5 Å². The lowest BCUT2D eigenvalue weighted by atomic mass is 10.1. The van der Waals surface area contributed by atoms with Crippen LogP contribution in [0.25, 0.3) is 0 Å². The van der Waals surface area contributed by atoms with Crippen molar-refractivity contribution >= 4 is 29.3 Å². The highest BCUT2D eigenvalue weighted by atomic mass is 32.2. The Morgan fingerprint density at radius 2 is 2.47 bits per heavy atom. The van der Waals surface area contributed by atoms with Crippen molar-refractivity contribution in [1.82, 2.24) is 10.1 Å². The molecule has 0 bridgehead atoms. The zero-order valence-electron chi connectivity index (χ0n) is 10.0. The molecule has 17 heavy (non-hydrogen) atoms. The van der Waals surface area contributed by atoms with Gasteiger partial charge in [-0.05, 0) is 6.42 Å². The molecule has 4 nitrogen and oxygen atoms in total. The smallest absolute Gasteiger partial charge is 0.238 e. The summed E-state index contributed by atoms with van der Waals surface area (Å²) in [6, 6.07) is 0. The number of nitrogens with zero attached hydrogens (tertiary/aromatic N) is 2. The van der Waals surface area contributed by atoms with E-state index in [0.717, 1.165) is 17.9 Å². The molecule has 0 radical (unpaired) electrons. The maximum Gasteiger partial charge on any atom is 0.238 e. The van der Waals surface area contributed by atoms with E-state index in [0.29, 0.717) is 22.7 Å². The first-order valence-electron chi connectivity index (χ1n) is 5.75. The Morgan fingerprint density at radius 1 is 1.65 bits per heavy atom. The Kier molecular flexibility index (Phi) is 4.50. The van der Waals surface area contributed by atoms with E-state index in [1.54, 1.807) is 11.8 Å². The minimum Gasteiger partial charge on any atom is -0.338 e. The molecule has 2 atom stereocenters. The quantitative estimate of drug-likeness (QED) is 0.821. The van der Waals surface area contributed by atoms with Gasteiger partial charge in [-0.1, -0.05) is 19.0 Å². The average Bonchev–Trinajstić information content (AvgIpc) is 2.94. The Labute approximate surface area is 109 Å². The largest absolute Gasteiger partial charge is 0.338 e. The zero-order chi connectivity index (χ0) is 12.3. The van der Waals surface area contributed by atoms with E-state index in [1.807, 2.05) is 11.8 Å². The summed E-state index contributed by atoms with van der Waals surface area (Å²) in [7, 11) is 0. The van der Waals surface area contributed by atoms with Crippen LogP contribution in [0.2, 0.25) is 0 Å². The molecule has 0 saturated carbocycles. The van der Waals surface area contributed by atoms with E-state index in [2.05, 4.69) is 24.0 Å². The highest BCUT2D eigenvalue weighted by Crippen LogP contribution is 2.29. The second kappa shape index (κ2) is 5.91. The molecule has 0 spiro atoms. The van der Waals surface area contributed by atoms with Gasteiger partial charge in [0.15, 0.2) is 11.6 Å². The molecule has 94 valence electrons. The van der Waals surface area contributed by atoms with Crippen molar-refractivity contribution in [3.8, 4) is 0 Å². The standard InChI is InChI=1S/C11H16N2O2S2/c1-3-7(2)17-6-10-12-11(15-13-10)8-4-16-5-9(8)14/h7-8H,3-6H2,1-2H3. The maximum absolute atomic E-state index is 11.5. The van der Waals surface area contributed by atoms with Crippen LogP contribution in [0.1, 0.15) is 37.9 Å². The molecular formula is C11H16N2O2S2. The van der Waals surface area contributed by atoms with Crippen molar-refractivity contribution in [2.45, 2.75) is 37.2 Å². The highest BCUT2D eigenvalue weighted by Gasteiger charge is 2.31. The van der Waals surface area contributed by atoms with Gasteiger partial charge in [-0.15, -0.1) is 0 Å². The van der Waals surface area contributed by atoms with E-state index in [1.165, 1.54) is 0 Å². The number of carbonyl (C=O) groups excluding carboxylic acids is 1. The molecular weight excluding hydrogens is 256 g/mol. The van der Waals surface area contributed by atoms with Crippen LogP contribution in [0.5, 0.6) is 0 Å². The molecule has 1 fully saturated rings. The van der Waals surface area contributed by atoms with Crippen LogP contribution in [0.3, 0.4) is 0 Å². The summed E-state index contributed by atoms with van der Waals surface area (Å²) in [5.74, 6) is 3.35. The van der Waals surface area contributed by atoms with Crippen molar-refractivity contribution in [1.29, 1.82) is 0 Å². The molecule has 0 amide bonds. The number of thioether (sulfide) groups is 2. The van der Waals surface area contributed by atoms with Gasteiger partial charge in [-0.25, -0.2) is 0 Å². The normalized spacial score (nSPS) is 22.0. The minimum atomic E-state index is -0.171. The van der Waals surface area contributed by atoms with E-state index < -0.39 is 0 Å². The molecule has 2 heterocycles. The molecule has 2 unspecified atom stereocenters. The van der Waals surface area contributed by atoms with Crippen LogP contribution < -0.4 is 0 Å². The van der Waals surface area contributed by atoms with Gasteiger partial charge in [0, 0.05) is 11.0 Å². The molecule has 6 heteroatoms. The van der Waals surface area contributed by atoms with Crippen molar-refractivity contribution in [2.24, 2.45) is 0 Å². The zero-order valence-corrected chi connectivity index (χ0v) is 11.6. The van der Waals surface area contributed by atoms with Crippen LogP contribution in [0.4, 0.5) is 0 Å². The fraction of sp³-hybridized carbons (Fsp3) is 0.727. The molecule has 0 aromatic carbocycles. The van der Waals surface area contributed by atoms with E-state index in [4.69, 9.17) is 4.52 Å². The molecule has 1 aromatic rings. The predicted octanol–water partition coefficient (Wildman–Crippen LogP) is 2.50. The highest BCUT2D eigenvalue weighted by molar-refractivity contribution is 8.00. The number of hydrogen-bond acceptors (Lipinski definition) is 6. The number of rotatable bonds is 5. The van der Waals surface area contributed by atoms with Gasteiger partial charge in [0.25, 0.3) is 0 Å². The molecule has 0 N–H and O–H groups in total. The minimum absolute atomic E-state index is 0.171. The molecule has 1 aliphatic heterocycles. The summed E-state index contributed by atoms with van der Waals surface area (Å²) in [5, 5.41) is 4.53. The van der Waals surface area contributed by atoms with Gasteiger partial charge in [0.1, 0.15) is 5.92 Å². The third-order valence-corrected chi connectivity index (χ3v) is 5.16. The molecule has 0 aliphatic carbocycles. The average molecular weight is 272 g/mol. The monoisotopic (exact) mass is 272 g/mol. The number of aromatic nitrogens is 2. The predicted molar refractivity (Wildman–Crippen MR) is 70.4 cm³/mol. The Hall–Kier alpha value is -0.490. The molecule has 2 rings (SSSR count). The summed E-state index contributed by atoms with van der Waals surface area (Å²) < 4.78 is 5.18. The van der Waals surface area contributed by atoms with Crippen molar-refractivity contribution in [3.63, 3.8) is 0 Å². The Balaban J connectivity index is 1.94. The van der Waals surface area contributed by atoms with Crippen LogP contribution in [-0.4, -0.2) is 32.7 Å². The Bertz CT molecular complexity index is 395. The van der Waals surface area contributed by atoms with Gasteiger partial charge in [-0.3, -0.25) is 4.79 Å². The van der Waals surface area contributed by atoms with Gasteiger partial charge in [0.2, 0.25) is 5.89 Å². The van der Waals surface area contributed by atoms with Crippen molar-refractivity contribution in [2.75, 3.05) is 11.5 Å². The molecule has 1 aromatic heterocycles. The third-order valence-electron chi connectivity index (χ3n) is 2.77. The SMILES string of the molecule is CCC(C)SCc1noc(C2CSCC2=O)n1. The number of ketones is 1. The summed E-state index contributed by atoms with van der Waals surface area (Å²) in [5.41, 5.74) is 0. The van der Waals surface area contributed by atoms with Gasteiger partial charge >= 0.3 is 0 Å². The second-order valence-corrected chi connectivity index (χ2v) is 6.57. The van der Waals surface area contributed by atoms with Gasteiger partial charge in [0.05, 0.1) is 11.5 Å². The summed E-state index contributed by atoms with van der Waals surface area (Å²) in [6.45, 7) is 4.34. The fourth-order valence-corrected chi connectivity index (χ4v) is 3.35. The van der Waals surface area contributed by atoms with Gasteiger partial charge < -0.3 is 4.52 Å². The first-order valence-corrected chi connectivity index (χ1v) is 7.95. The summed E-state index contributed by atoms with van der Waals surface area (Å²) in [4.78, 5) is 15.9. The van der Waals surface area contributed by atoms with E-state index in [9.17, 15) is 4.79 Å². The lowest BCUT2D eigenvalue weighted by molar-refractivity contribution is -0.117. The van der Waals surface area contributed by atoms with Crippen LogP contribution in [-0.2, 0) is 10.5 Å². The fourth-order valence-electron chi connectivity index (χ4n) is 1.48.